The zero-order valence-corrected chi connectivity index (χ0v) is 19.0. The molecule has 3 aromatic rings. The number of hydrogen-bond donors (Lipinski definition) is 1. The van der Waals surface area contributed by atoms with Crippen LogP contribution in [0.25, 0.3) is 11.1 Å². The molecule has 4 rings (SSSR count). The molecule has 2 heterocycles. The summed E-state index contributed by atoms with van der Waals surface area (Å²) in [5.41, 5.74) is 6.79. The second kappa shape index (κ2) is 10.3. The Balaban J connectivity index is 1.37. The molecule has 0 saturated carbocycles. The number of pyridine rings is 1. The maximum absolute atomic E-state index is 12.3. The molecule has 0 aliphatic carbocycles. The van der Waals surface area contributed by atoms with Gasteiger partial charge in [-0.15, -0.1) is 0 Å². The first kappa shape index (κ1) is 22.5. The van der Waals surface area contributed by atoms with Crippen LogP contribution in [0.5, 0.6) is 0 Å². The highest BCUT2D eigenvalue weighted by molar-refractivity contribution is 5.78. The molecular formula is C27H28N4O2. The van der Waals surface area contributed by atoms with Gasteiger partial charge in [0.1, 0.15) is 0 Å². The lowest BCUT2D eigenvalue weighted by Gasteiger charge is -2.35. The van der Waals surface area contributed by atoms with E-state index in [2.05, 4.69) is 53.3 Å². The van der Waals surface area contributed by atoms with Crippen LogP contribution in [0.2, 0.25) is 0 Å². The quantitative estimate of drug-likeness (QED) is 0.627. The van der Waals surface area contributed by atoms with Crippen LogP contribution < -0.4 is 10.2 Å². The molecule has 6 heteroatoms. The Bertz CT molecular complexity index is 1170. The fourth-order valence-electron chi connectivity index (χ4n) is 4.13. The number of rotatable bonds is 6. The van der Waals surface area contributed by atoms with Crippen molar-refractivity contribution < 1.29 is 9.53 Å². The van der Waals surface area contributed by atoms with E-state index in [0.29, 0.717) is 18.2 Å². The molecule has 1 saturated heterocycles. The second-order valence-corrected chi connectivity index (χ2v) is 8.42. The molecule has 168 valence electrons. The summed E-state index contributed by atoms with van der Waals surface area (Å²) in [5, 5.41) is 11.9. The Kier molecular flexibility index (Phi) is 7.01. The van der Waals surface area contributed by atoms with Gasteiger partial charge in [0.05, 0.1) is 31.3 Å². The van der Waals surface area contributed by atoms with Gasteiger partial charge in [-0.25, -0.2) is 0 Å². The number of amides is 1. The van der Waals surface area contributed by atoms with Gasteiger partial charge in [0, 0.05) is 42.3 Å². The van der Waals surface area contributed by atoms with E-state index in [4.69, 9.17) is 10.00 Å². The molecular weight excluding hydrogens is 412 g/mol. The van der Waals surface area contributed by atoms with E-state index < -0.39 is 0 Å². The topological polar surface area (TPSA) is 78.2 Å². The third-order valence-electron chi connectivity index (χ3n) is 5.93. The maximum atomic E-state index is 12.3. The van der Waals surface area contributed by atoms with Crippen LogP contribution in [0.1, 0.15) is 29.3 Å². The first-order valence-electron chi connectivity index (χ1n) is 11.2. The number of carbonyl (C=O) groups is 1. The Hall–Kier alpha value is -3.69. The van der Waals surface area contributed by atoms with Gasteiger partial charge in [-0.05, 0) is 60.9 Å². The Morgan fingerprint density at radius 2 is 2.12 bits per heavy atom. The van der Waals surface area contributed by atoms with Gasteiger partial charge >= 0.3 is 0 Å². The van der Waals surface area contributed by atoms with Gasteiger partial charge < -0.3 is 15.0 Å². The van der Waals surface area contributed by atoms with E-state index in [1.165, 1.54) is 11.3 Å². The predicted molar refractivity (Wildman–Crippen MR) is 129 cm³/mol. The van der Waals surface area contributed by atoms with Crippen molar-refractivity contribution in [1.82, 2.24) is 10.3 Å². The van der Waals surface area contributed by atoms with Crippen LogP contribution in [0.15, 0.2) is 60.8 Å². The van der Waals surface area contributed by atoms with Crippen LogP contribution in [0.3, 0.4) is 0 Å². The third-order valence-corrected chi connectivity index (χ3v) is 5.93. The highest BCUT2D eigenvalue weighted by atomic mass is 16.5. The fourth-order valence-corrected chi connectivity index (χ4v) is 4.13. The summed E-state index contributed by atoms with van der Waals surface area (Å²) in [7, 11) is 0. The lowest BCUT2D eigenvalue weighted by Crippen LogP contribution is -2.43. The van der Waals surface area contributed by atoms with Gasteiger partial charge in [0.2, 0.25) is 5.91 Å². The molecule has 33 heavy (non-hydrogen) atoms. The van der Waals surface area contributed by atoms with Crippen LogP contribution in [-0.4, -0.2) is 36.7 Å². The Morgan fingerprint density at radius 3 is 2.85 bits per heavy atom. The summed E-state index contributed by atoms with van der Waals surface area (Å²) >= 11 is 0. The SMILES string of the molecule is Cc1cc(N2CCOC[C@@H]2C)ccc1-c1ccc(CC(=O)NCc2cccc(C#N)c2)nc1. The van der Waals surface area contributed by atoms with Gasteiger partial charge in [0.15, 0.2) is 0 Å². The summed E-state index contributed by atoms with van der Waals surface area (Å²) in [5.74, 6) is -0.0993. The average Bonchev–Trinajstić information content (AvgIpc) is 2.84. The lowest BCUT2D eigenvalue weighted by molar-refractivity contribution is -0.120. The smallest absolute Gasteiger partial charge is 0.226 e. The maximum Gasteiger partial charge on any atom is 0.226 e. The van der Waals surface area contributed by atoms with E-state index >= 15 is 0 Å². The van der Waals surface area contributed by atoms with E-state index in [9.17, 15) is 4.79 Å². The van der Waals surface area contributed by atoms with Crippen LogP contribution in [0, 0.1) is 18.3 Å². The van der Waals surface area contributed by atoms with Crippen molar-refractivity contribution in [2.24, 2.45) is 0 Å². The molecule has 1 atom stereocenters. The Labute approximate surface area is 194 Å². The van der Waals surface area contributed by atoms with E-state index in [0.717, 1.165) is 42.1 Å². The number of benzene rings is 2. The van der Waals surface area contributed by atoms with E-state index in [1.54, 1.807) is 12.1 Å². The number of morpholine rings is 1. The summed E-state index contributed by atoms with van der Waals surface area (Å²) in [4.78, 5) is 19.2. The van der Waals surface area contributed by atoms with Crippen LogP contribution in [0.4, 0.5) is 5.69 Å². The van der Waals surface area contributed by atoms with E-state index in [1.807, 2.05) is 30.5 Å². The Morgan fingerprint density at radius 1 is 1.24 bits per heavy atom. The summed E-state index contributed by atoms with van der Waals surface area (Å²) < 4.78 is 5.55. The van der Waals surface area contributed by atoms with Crippen molar-refractivity contribution in [2.45, 2.75) is 32.9 Å². The monoisotopic (exact) mass is 440 g/mol. The molecule has 0 spiro atoms. The summed E-state index contributed by atoms with van der Waals surface area (Å²) in [6.45, 7) is 7.11. The molecule has 1 aliphatic heterocycles. The van der Waals surface area contributed by atoms with Crippen LogP contribution >= 0.6 is 0 Å². The van der Waals surface area contributed by atoms with Crippen molar-refractivity contribution in [3.8, 4) is 17.2 Å². The van der Waals surface area contributed by atoms with Crippen molar-refractivity contribution in [2.75, 3.05) is 24.7 Å². The fraction of sp³-hybridized carbons (Fsp3) is 0.296. The number of aryl methyl sites for hydroxylation is 1. The van der Waals surface area contributed by atoms with Crippen molar-refractivity contribution in [3.63, 3.8) is 0 Å². The molecule has 6 nitrogen and oxygen atoms in total. The number of nitriles is 1. The molecule has 1 N–H and O–H groups in total. The van der Waals surface area contributed by atoms with Gasteiger partial charge in [-0.3, -0.25) is 9.78 Å². The van der Waals surface area contributed by atoms with Gasteiger partial charge in [0.25, 0.3) is 0 Å². The van der Waals surface area contributed by atoms with Gasteiger partial charge in [-0.1, -0.05) is 24.3 Å². The predicted octanol–water partition coefficient (Wildman–Crippen LogP) is 4.01. The summed E-state index contributed by atoms with van der Waals surface area (Å²) in [6.07, 6.45) is 2.05. The summed E-state index contributed by atoms with van der Waals surface area (Å²) in [6, 6.07) is 20.2. The molecule has 0 radical (unpaired) electrons. The largest absolute Gasteiger partial charge is 0.377 e. The number of hydrogen-bond acceptors (Lipinski definition) is 5. The number of nitrogens with zero attached hydrogens (tertiary/aromatic N) is 3. The average molecular weight is 441 g/mol. The lowest BCUT2D eigenvalue weighted by atomic mass is 10.00. The first-order valence-corrected chi connectivity index (χ1v) is 11.2. The van der Waals surface area contributed by atoms with E-state index in [-0.39, 0.29) is 12.3 Å². The molecule has 1 amide bonds. The molecule has 1 aliphatic rings. The first-order chi connectivity index (χ1) is 16.0. The molecule has 2 aromatic carbocycles. The number of anilines is 1. The minimum atomic E-state index is -0.0993. The highest BCUT2D eigenvalue weighted by Crippen LogP contribution is 2.28. The standard InChI is InChI=1S/C27H28N4O2/c1-19-12-25(31-10-11-33-18-20(31)2)8-9-26(19)23-6-7-24(29-17-23)14-27(32)30-16-22-5-3-4-21(13-22)15-28/h3-9,12-13,17,20H,10-11,14,16,18H2,1-2H3,(H,30,32)/t20-/m0/s1. The zero-order chi connectivity index (χ0) is 23.2. The molecule has 0 unspecified atom stereocenters. The number of carbonyl (C=O) groups excluding carboxylic acids is 1. The third kappa shape index (κ3) is 5.57. The zero-order valence-electron chi connectivity index (χ0n) is 19.0. The number of nitrogens with one attached hydrogen (secondary N) is 1. The van der Waals surface area contributed by atoms with Crippen molar-refractivity contribution >= 4 is 11.6 Å². The van der Waals surface area contributed by atoms with Crippen LogP contribution in [-0.2, 0) is 22.5 Å². The molecule has 0 bridgehead atoms. The highest BCUT2D eigenvalue weighted by Gasteiger charge is 2.19. The second-order valence-electron chi connectivity index (χ2n) is 8.42. The minimum Gasteiger partial charge on any atom is -0.377 e. The molecule has 1 aromatic heterocycles. The number of ether oxygens (including phenoxy) is 1. The van der Waals surface area contributed by atoms with Crippen molar-refractivity contribution in [1.29, 1.82) is 5.26 Å². The van der Waals surface area contributed by atoms with Gasteiger partial charge in [-0.2, -0.15) is 5.26 Å². The molecule has 1 fully saturated rings. The van der Waals surface area contributed by atoms with Crippen molar-refractivity contribution in [3.05, 3.63) is 83.2 Å². The number of aromatic nitrogens is 1. The minimum absolute atomic E-state index is 0.0993. The normalized spacial score (nSPS) is 15.7.